The highest BCUT2D eigenvalue weighted by atomic mass is 16.5. The van der Waals surface area contributed by atoms with Crippen molar-refractivity contribution < 1.29 is 14.3 Å². The molecule has 8 nitrogen and oxygen atoms in total. The highest BCUT2D eigenvalue weighted by molar-refractivity contribution is 6.03. The maximum Gasteiger partial charge on any atom is 0.270 e. The second-order valence-electron chi connectivity index (χ2n) is 8.70. The summed E-state index contributed by atoms with van der Waals surface area (Å²) < 4.78 is 13.4. The number of hydrogen-bond acceptors (Lipinski definition) is 6. The molecule has 4 heterocycles. The standard InChI is InChI=1S/C27H27N5O3/c1-17(2)19-6-4-18(5-7-19)16-35-27-22(34-3)14-21(15-30-27)23-24(20-8-10-28-11-9-20)31-32-13-12-29-26(33)25(23)32/h4-11,14-15,17H,12-13,16H2,1-3H3,(H,29,33). The van der Waals surface area contributed by atoms with Crippen LogP contribution >= 0.6 is 0 Å². The van der Waals surface area contributed by atoms with Crippen molar-refractivity contribution in [2.75, 3.05) is 13.7 Å². The molecule has 5 rings (SSSR count). The first-order valence-electron chi connectivity index (χ1n) is 11.6. The van der Waals surface area contributed by atoms with Gasteiger partial charge in [0.25, 0.3) is 11.8 Å². The molecule has 0 atom stereocenters. The number of nitrogens with one attached hydrogen (secondary N) is 1. The predicted octanol–water partition coefficient (Wildman–Crippen LogP) is 4.46. The van der Waals surface area contributed by atoms with Crippen molar-refractivity contribution in [1.82, 2.24) is 25.1 Å². The third kappa shape index (κ3) is 4.47. The quantitative estimate of drug-likeness (QED) is 0.430. The lowest BCUT2D eigenvalue weighted by molar-refractivity contribution is 0.0925. The maximum absolute atomic E-state index is 12.8. The molecule has 1 aliphatic heterocycles. The molecule has 8 heteroatoms. The van der Waals surface area contributed by atoms with Gasteiger partial charge < -0.3 is 14.8 Å². The Morgan fingerprint density at radius 1 is 1.09 bits per heavy atom. The highest BCUT2D eigenvalue weighted by Gasteiger charge is 2.28. The van der Waals surface area contributed by atoms with Crippen LogP contribution in [-0.2, 0) is 13.2 Å². The van der Waals surface area contributed by atoms with Gasteiger partial charge in [0.15, 0.2) is 5.75 Å². The van der Waals surface area contributed by atoms with E-state index in [1.54, 1.807) is 30.4 Å². The van der Waals surface area contributed by atoms with Crippen molar-refractivity contribution in [3.63, 3.8) is 0 Å². The number of hydrogen-bond donors (Lipinski definition) is 1. The number of rotatable bonds is 7. The lowest BCUT2D eigenvalue weighted by Crippen LogP contribution is -2.35. The summed E-state index contributed by atoms with van der Waals surface area (Å²) in [6.07, 6.45) is 5.12. The molecule has 3 aromatic heterocycles. The van der Waals surface area contributed by atoms with Crippen LogP contribution in [0.25, 0.3) is 22.4 Å². The Kier molecular flexibility index (Phi) is 6.18. The van der Waals surface area contributed by atoms with Gasteiger partial charge in [0.05, 0.1) is 13.7 Å². The zero-order valence-electron chi connectivity index (χ0n) is 20.0. The normalized spacial score (nSPS) is 12.9. The van der Waals surface area contributed by atoms with E-state index in [1.807, 2.05) is 18.2 Å². The fourth-order valence-electron chi connectivity index (χ4n) is 4.17. The molecule has 35 heavy (non-hydrogen) atoms. The summed E-state index contributed by atoms with van der Waals surface area (Å²) in [5.74, 6) is 1.19. The van der Waals surface area contributed by atoms with E-state index in [4.69, 9.17) is 14.6 Å². The second-order valence-corrected chi connectivity index (χ2v) is 8.70. The second kappa shape index (κ2) is 9.58. The molecule has 0 radical (unpaired) electrons. The van der Waals surface area contributed by atoms with Gasteiger partial charge in [0.2, 0.25) is 0 Å². The molecule has 178 valence electrons. The molecule has 0 spiro atoms. The summed E-state index contributed by atoms with van der Waals surface area (Å²) in [6.45, 7) is 5.84. The first kappa shape index (κ1) is 22.6. The Hall–Kier alpha value is -4.20. The topological polar surface area (TPSA) is 91.2 Å². The van der Waals surface area contributed by atoms with Gasteiger partial charge >= 0.3 is 0 Å². The molecular weight excluding hydrogens is 442 g/mol. The van der Waals surface area contributed by atoms with E-state index in [9.17, 15) is 4.79 Å². The number of amides is 1. The molecule has 0 saturated carbocycles. The number of carbonyl (C=O) groups is 1. The third-order valence-electron chi connectivity index (χ3n) is 6.08. The van der Waals surface area contributed by atoms with E-state index in [0.29, 0.717) is 54.2 Å². The van der Waals surface area contributed by atoms with E-state index in [0.717, 1.165) is 16.7 Å². The zero-order valence-corrected chi connectivity index (χ0v) is 20.0. The third-order valence-corrected chi connectivity index (χ3v) is 6.08. The van der Waals surface area contributed by atoms with Crippen molar-refractivity contribution in [3.05, 3.63) is 77.9 Å². The largest absolute Gasteiger partial charge is 0.491 e. The molecule has 1 amide bonds. The van der Waals surface area contributed by atoms with Gasteiger partial charge in [-0.2, -0.15) is 5.10 Å². The van der Waals surface area contributed by atoms with E-state index in [2.05, 4.69) is 53.4 Å². The van der Waals surface area contributed by atoms with Crippen molar-refractivity contribution in [2.45, 2.75) is 32.9 Å². The maximum atomic E-state index is 12.8. The summed E-state index contributed by atoms with van der Waals surface area (Å²) in [7, 11) is 1.58. The van der Waals surface area contributed by atoms with Gasteiger partial charge in [-0.25, -0.2) is 4.98 Å². The van der Waals surface area contributed by atoms with Crippen LogP contribution in [0.15, 0.2) is 61.1 Å². The number of pyridine rings is 2. The van der Waals surface area contributed by atoms with Crippen molar-refractivity contribution in [1.29, 1.82) is 0 Å². The first-order valence-corrected chi connectivity index (χ1v) is 11.6. The van der Waals surface area contributed by atoms with Crippen molar-refractivity contribution in [2.24, 2.45) is 0 Å². The van der Waals surface area contributed by atoms with Gasteiger partial charge in [-0.05, 0) is 35.2 Å². The van der Waals surface area contributed by atoms with Crippen molar-refractivity contribution >= 4 is 5.91 Å². The Morgan fingerprint density at radius 3 is 2.57 bits per heavy atom. The van der Waals surface area contributed by atoms with Crippen LogP contribution in [0.3, 0.4) is 0 Å². The number of nitrogens with zero attached hydrogens (tertiary/aromatic N) is 4. The summed E-state index contributed by atoms with van der Waals surface area (Å²) in [5.41, 5.74) is 5.83. The number of ether oxygens (including phenoxy) is 2. The fraction of sp³-hybridized carbons (Fsp3) is 0.259. The Morgan fingerprint density at radius 2 is 1.86 bits per heavy atom. The van der Waals surface area contributed by atoms with Crippen LogP contribution in [0.2, 0.25) is 0 Å². The number of methoxy groups -OCH3 is 1. The average Bonchev–Trinajstić information content (AvgIpc) is 3.29. The number of benzene rings is 1. The SMILES string of the molecule is COc1cc(-c2c(-c3ccncc3)nn3c2C(=O)NCC3)cnc1OCc1ccc(C(C)C)cc1. The number of fused-ring (bicyclic) bond motifs is 1. The Bertz CT molecular complexity index is 1350. The molecule has 0 saturated heterocycles. The van der Waals surface area contributed by atoms with E-state index < -0.39 is 0 Å². The van der Waals surface area contributed by atoms with Crippen LogP contribution in [0, 0.1) is 0 Å². The minimum atomic E-state index is -0.164. The molecule has 4 aromatic rings. The molecular formula is C27H27N5O3. The number of aromatic nitrogens is 4. The molecule has 1 aromatic carbocycles. The molecule has 0 bridgehead atoms. The van der Waals surface area contributed by atoms with Gasteiger partial charge in [-0.15, -0.1) is 0 Å². The van der Waals surface area contributed by atoms with Gasteiger partial charge in [0, 0.05) is 41.8 Å². The van der Waals surface area contributed by atoms with E-state index in [-0.39, 0.29) is 5.91 Å². The monoisotopic (exact) mass is 469 g/mol. The van der Waals surface area contributed by atoms with E-state index in [1.165, 1.54) is 5.56 Å². The van der Waals surface area contributed by atoms with Gasteiger partial charge in [0.1, 0.15) is 18.0 Å². The summed E-state index contributed by atoms with van der Waals surface area (Å²) in [6, 6.07) is 14.0. The molecule has 0 fully saturated rings. The molecule has 1 N–H and O–H groups in total. The minimum absolute atomic E-state index is 0.164. The smallest absolute Gasteiger partial charge is 0.270 e. The van der Waals surface area contributed by atoms with Crippen molar-refractivity contribution in [3.8, 4) is 34.0 Å². The first-order chi connectivity index (χ1) is 17.0. The summed E-state index contributed by atoms with van der Waals surface area (Å²) in [4.78, 5) is 21.5. The molecule has 1 aliphatic rings. The summed E-state index contributed by atoms with van der Waals surface area (Å²) >= 11 is 0. The predicted molar refractivity (Wildman–Crippen MR) is 132 cm³/mol. The summed E-state index contributed by atoms with van der Waals surface area (Å²) in [5, 5.41) is 7.66. The Labute approximate surface area is 204 Å². The molecule has 0 aliphatic carbocycles. The zero-order chi connectivity index (χ0) is 24.4. The van der Waals surface area contributed by atoms with Crippen LogP contribution in [-0.4, -0.2) is 39.3 Å². The Balaban J connectivity index is 1.49. The molecule has 0 unspecified atom stereocenters. The van der Waals surface area contributed by atoms with E-state index >= 15 is 0 Å². The average molecular weight is 470 g/mol. The van der Waals surface area contributed by atoms with Crippen LogP contribution < -0.4 is 14.8 Å². The van der Waals surface area contributed by atoms with Gasteiger partial charge in [-0.1, -0.05) is 38.1 Å². The lowest BCUT2D eigenvalue weighted by atomic mass is 9.99. The minimum Gasteiger partial charge on any atom is -0.491 e. The van der Waals surface area contributed by atoms with Crippen LogP contribution in [0.1, 0.15) is 41.4 Å². The van der Waals surface area contributed by atoms with Crippen LogP contribution in [0.4, 0.5) is 0 Å². The van der Waals surface area contributed by atoms with Crippen LogP contribution in [0.5, 0.6) is 11.6 Å². The fourth-order valence-corrected chi connectivity index (χ4v) is 4.17. The highest BCUT2D eigenvalue weighted by Crippen LogP contribution is 2.38. The lowest BCUT2D eigenvalue weighted by Gasteiger charge is -2.16. The number of carbonyl (C=O) groups excluding carboxylic acids is 1. The van der Waals surface area contributed by atoms with Gasteiger partial charge in [-0.3, -0.25) is 14.5 Å².